The maximum atomic E-state index is 12.5. The van der Waals surface area contributed by atoms with Gasteiger partial charge < -0.3 is 10.1 Å². The number of rotatable bonds is 6. The second-order valence-corrected chi connectivity index (χ2v) is 6.13. The Kier molecular flexibility index (Phi) is 4.82. The fourth-order valence-corrected chi connectivity index (χ4v) is 3.29. The summed E-state index contributed by atoms with van der Waals surface area (Å²) in [6.45, 7) is 0.481. The van der Waals surface area contributed by atoms with Gasteiger partial charge in [-0.15, -0.1) is 0 Å². The number of hydrogen-bond acceptors (Lipinski definition) is 4. The first kappa shape index (κ1) is 15.3. The van der Waals surface area contributed by atoms with Crippen LogP contribution in [0.5, 0.6) is 5.75 Å². The Morgan fingerprint density at radius 2 is 1.86 bits per heavy atom. The van der Waals surface area contributed by atoms with Crippen molar-refractivity contribution in [2.24, 2.45) is 0 Å². The molecule has 0 radical (unpaired) electrons. The standard InChI is InChI=1S/C15H18N2O3S/c1-16-11-12-6-3-4-9-15(12)21(18,19)17-13-7-5-8-14(10-13)20-2/h3-10,16-17H,11H2,1-2H3. The topological polar surface area (TPSA) is 67.4 Å². The molecule has 21 heavy (non-hydrogen) atoms. The molecule has 0 aliphatic carbocycles. The molecule has 2 N–H and O–H groups in total. The average Bonchev–Trinajstić information content (AvgIpc) is 2.48. The Bertz CT molecular complexity index is 714. The van der Waals surface area contributed by atoms with E-state index >= 15 is 0 Å². The Hall–Kier alpha value is -2.05. The van der Waals surface area contributed by atoms with Crippen molar-refractivity contribution in [2.45, 2.75) is 11.4 Å². The summed E-state index contributed by atoms with van der Waals surface area (Å²) in [6.07, 6.45) is 0. The molecule has 112 valence electrons. The quantitative estimate of drug-likeness (QED) is 0.858. The van der Waals surface area contributed by atoms with Crippen molar-refractivity contribution in [3.8, 4) is 5.75 Å². The monoisotopic (exact) mass is 306 g/mol. The molecule has 0 aliphatic rings. The summed E-state index contributed by atoms with van der Waals surface area (Å²) in [5, 5.41) is 2.97. The minimum atomic E-state index is -3.64. The summed E-state index contributed by atoms with van der Waals surface area (Å²) < 4.78 is 32.7. The molecule has 0 atom stereocenters. The van der Waals surface area contributed by atoms with E-state index in [1.165, 1.54) is 7.11 Å². The van der Waals surface area contributed by atoms with Gasteiger partial charge in [0.15, 0.2) is 0 Å². The molecular formula is C15H18N2O3S. The van der Waals surface area contributed by atoms with Crippen LogP contribution < -0.4 is 14.8 Å². The van der Waals surface area contributed by atoms with E-state index in [1.54, 1.807) is 49.5 Å². The highest BCUT2D eigenvalue weighted by atomic mass is 32.2. The number of methoxy groups -OCH3 is 1. The van der Waals surface area contributed by atoms with Crippen molar-refractivity contribution in [1.82, 2.24) is 5.32 Å². The number of hydrogen-bond donors (Lipinski definition) is 2. The largest absolute Gasteiger partial charge is 0.497 e. The number of sulfonamides is 1. The molecule has 0 saturated heterocycles. The van der Waals surface area contributed by atoms with Crippen LogP contribution in [0.15, 0.2) is 53.4 Å². The summed E-state index contributed by atoms with van der Waals surface area (Å²) >= 11 is 0. The van der Waals surface area contributed by atoms with Crippen LogP contribution in [0.1, 0.15) is 5.56 Å². The van der Waals surface area contributed by atoms with Gasteiger partial charge in [-0.3, -0.25) is 4.72 Å². The lowest BCUT2D eigenvalue weighted by Gasteiger charge is -2.12. The minimum absolute atomic E-state index is 0.266. The van der Waals surface area contributed by atoms with Crippen molar-refractivity contribution >= 4 is 15.7 Å². The van der Waals surface area contributed by atoms with E-state index in [4.69, 9.17) is 4.74 Å². The van der Waals surface area contributed by atoms with Gasteiger partial charge in [-0.05, 0) is 30.8 Å². The van der Waals surface area contributed by atoms with Gasteiger partial charge in [0, 0.05) is 12.6 Å². The third-order valence-electron chi connectivity index (χ3n) is 2.95. The molecule has 0 aliphatic heterocycles. The van der Waals surface area contributed by atoms with E-state index in [2.05, 4.69) is 10.0 Å². The fourth-order valence-electron chi connectivity index (χ4n) is 2.00. The molecular weight excluding hydrogens is 288 g/mol. The lowest BCUT2D eigenvalue weighted by Crippen LogP contribution is -2.17. The second kappa shape index (κ2) is 6.60. The Labute approximate surface area is 125 Å². The predicted octanol–water partition coefficient (Wildman–Crippen LogP) is 2.22. The van der Waals surface area contributed by atoms with Crippen LogP contribution in [0.4, 0.5) is 5.69 Å². The zero-order valence-corrected chi connectivity index (χ0v) is 12.8. The second-order valence-electron chi connectivity index (χ2n) is 4.48. The summed E-state index contributed by atoms with van der Waals surface area (Å²) in [7, 11) is -0.323. The first-order valence-corrected chi connectivity index (χ1v) is 7.94. The van der Waals surface area contributed by atoms with Gasteiger partial charge in [0.25, 0.3) is 10.0 Å². The van der Waals surface area contributed by atoms with E-state index in [9.17, 15) is 8.42 Å². The highest BCUT2D eigenvalue weighted by Gasteiger charge is 2.18. The van der Waals surface area contributed by atoms with Crippen LogP contribution in [-0.4, -0.2) is 22.6 Å². The van der Waals surface area contributed by atoms with Crippen molar-refractivity contribution in [2.75, 3.05) is 18.9 Å². The maximum absolute atomic E-state index is 12.5. The molecule has 0 unspecified atom stereocenters. The molecule has 0 amide bonds. The zero-order valence-electron chi connectivity index (χ0n) is 12.0. The van der Waals surface area contributed by atoms with Crippen LogP contribution in [0.2, 0.25) is 0 Å². The van der Waals surface area contributed by atoms with Gasteiger partial charge >= 0.3 is 0 Å². The highest BCUT2D eigenvalue weighted by Crippen LogP contribution is 2.22. The fraction of sp³-hybridized carbons (Fsp3) is 0.200. The third kappa shape index (κ3) is 3.74. The van der Waals surface area contributed by atoms with Gasteiger partial charge in [-0.2, -0.15) is 0 Å². The highest BCUT2D eigenvalue weighted by molar-refractivity contribution is 7.92. The lowest BCUT2D eigenvalue weighted by atomic mass is 10.2. The molecule has 0 aromatic heterocycles. The molecule has 0 heterocycles. The van der Waals surface area contributed by atoms with Crippen LogP contribution in [-0.2, 0) is 16.6 Å². The molecule has 2 aromatic carbocycles. The molecule has 0 fully saturated rings. The Morgan fingerprint density at radius 3 is 2.57 bits per heavy atom. The van der Waals surface area contributed by atoms with Crippen molar-refractivity contribution in [3.63, 3.8) is 0 Å². The van der Waals surface area contributed by atoms with Gasteiger partial charge in [-0.25, -0.2) is 8.42 Å². The number of benzene rings is 2. The molecule has 0 spiro atoms. The molecule has 6 heteroatoms. The summed E-state index contributed by atoms with van der Waals surface area (Å²) in [5.41, 5.74) is 1.18. The maximum Gasteiger partial charge on any atom is 0.262 e. The van der Waals surface area contributed by atoms with Crippen molar-refractivity contribution in [1.29, 1.82) is 0 Å². The normalized spacial score (nSPS) is 11.1. The van der Waals surface area contributed by atoms with Crippen LogP contribution >= 0.6 is 0 Å². The number of nitrogens with one attached hydrogen (secondary N) is 2. The van der Waals surface area contributed by atoms with E-state index < -0.39 is 10.0 Å². The minimum Gasteiger partial charge on any atom is -0.497 e. The Morgan fingerprint density at radius 1 is 1.10 bits per heavy atom. The lowest BCUT2D eigenvalue weighted by molar-refractivity contribution is 0.415. The summed E-state index contributed by atoms with van der Waals surface area (Å²) in [6, 6.07) is 13.7. The Balaban J connectivity index is 2.34. The van der Waals surface area contributed by atoms with Crippen LogP contribution in [0.3, 0.4) is 0 Å². The SMILES string of the molecule is CNCc1ccccc1S(=O)(=O)Nc1cccc(OC)c1. The van der Waals surface area contributed by atoms with E-state index in [0.717, 1.165) is 5.56 Å². The first-order chi connectivity index (χ1) is 10.1. The van der Waals surface area contributed by atoms with E-state index in [1.807, 2.05) is 6.07 Å². The first-order valence-electron chi connectivity index (χ1n) is 6.46. The zero-order chi connectivity index (χ0) is 15.3. The van der Waals surface area contributed by atoms with Crippen LogP contribution in [0.25, 0.3) is 0 Å². The third-order valence-corrected chi connectivity index (χ3v) is 4.43. The van der Waals surface area contributed by atoms with Gasteiger partial charge in [-0.1, -0.05) is 24.3 Å². The van der Waals surface area contributed by atoms with Crippen molar-refractivity contribution in [3.05, 3.63) is 54.1 Å². The van der Waals surface area contributed by atoms with Gasteiger partial charge in [0.1, 0.15) is 5.75 Å². The number of anilines is 1. The molecule has 0 saturated carbocycles. The average molecular weight is 306 g/mol. The summed E-state index contributed by atoms with van der Waals surface area (Å²) in [4.78, 5) is 0.266. The van der Waals surface area contributed by atoms with Gasteiger partial charge in [0.2, 0.25) is 0 Å². The predicted molar refractivity (Wildman–Crippen MR) is 83.0 cm³/mol. The molecule has 2 rings (SSSR count). The van der Waals surface area contributed by atoms with E-state index in [-0.39, 0.29) is 4.90 Å². The van der Waals surface area contributed by atoms with Gasteiger partial charge in [0.05, 0.1) is 17.7 Å². The summed E-state index contributed by atoms with van der Waals surface area (Å²) in [5.74, 6) is 0.596. The smallest absolute Gasteiger partial charge is 0.262 e. The van der Waals surface area contributed by atoms with E-state index in [0.29, 0.717) is 18.0 Å². The number of ether oxygens (including phenoxy) is 1. The van der Waals surface area contributed by atoms with Crippen LogP contribution in [0, 0.1) is 0 Å². The molecule has 5 nitrogen and oxygen atoms in total. The molecule has 2 aromatic rings. The van der Waals surface area contributed by atoms with Crippen molar-refractivity contribution < 1.29 is 13.2 Å². The molecule has 0 bridgehead atoms.